The second-order valence-corrected chi connectivity index (χ2v) is 11.6. The molecular formula is C33H34ClN7O5. The lowest BCUT2D eigenvalue weighted by Gasteiger charge is -2.28. The van der Waals surface area contributed by atoms with Gasteiger partial charge in [0.25, 0.3) is 5.56 Å². The van der Waals surface area contributed by atoms with E-state index < -0.39 is 17.4 Å². The first-order chi connectivity index (χ1) is 22.2. The number of aromatic nitrogens is 5. The molecule has 1 fully saturated rings. The van der Waals surface area contributed by atoms with Crippen LogP contribution >= 0.6 is 11.6 Å². The zero-order valence-electron chi connectivity index (χ0n) is 25.9. The number of benzene rings is 2. The SMILES string of the molecule is COc1nc(-c2cccc(-c3cccc(Nc4ncnc5c4c(=O)n(C)c(=O)n5C)c3C)c2Cl)ccc1CNC1CCOCC1O. The van der Waals surface area contributed by atoms with E-state index in [1.54, 1.807) is 14.2 Å². The van der Waals surface area contributed by atoms with Gasteiger partial charge in [-0.2, -0.15) is 0 Å². The van der Waals surface area contributed by atoms with Crippen LogP contribution in [0, 0.1) is 6.92 Å². The van der Waals surface area contributed by atoms with E-state index in [1.807, 2.05) is 55.5 Å². The summed E-state index contributed by atoms with van der Waals surface area (Å²) in [4.78, 5) is 38.8. The average molecular weight is 644 g/mol. The van der Waals surface area contributed by atoms with E-state index in [2.05, 4.69) is 20.6 Å². The summed E-state index contributed by atoms with van der Waals surface area (Å²) < 4.78 is 13.3. The first-order valence-corrected chi connectivity index (χ1v) is 15.2. The number of hydrogen-bond donors (Lipinski definition) is 3. The third-order valence-corrected chi connectivity index (χ3v) is 8.81. The van der Waals surface area contributed by atoms with Crippen LogP contribution < -0.4 is 26.6 Å². The second-order valence-electron chi connectivity index (χ2n) is 11.2. The van der Waals surface area contributed by atoms with Crippen LogP contribution in [0.1, 0.15) is 17.5 Å². The van der Waals surface area contributed by atoms with Crippen molar-refractivity contribution in [3.8, 4) is 28.3 Å². The third-order valence-electron chi connectivity index (χ3n) is 8.40. The Morgan fingerprint density at radius 3 is 2.59 bits per heavy atom. The van der Waals surface area contributed by atoms with E-state index in [1.165, 1.54) is 17.9 Å². The lowest BCUT2D eigenvalue weighted by atomic mass is 9.96. The minimum Gasteiger partial charge on any atom is -0.481 e. The van der Waals surface area contributed by atoms with Crippen LogP contribution in [0.15, 0.2) is 64.4 Å². The van der Waals surface area contributed by atoms with E-state index in [9.17, 15) is 14.7 Å². The molecule has 2 aromatic carbocycles. The van der Waals surface area contributed by atoms with Crippen molar-refractivity contribution in [1.29, 1.82) is 0 Å². The van der Waals surface area contributed by atoms with Crippen molar-refractivity contribution in [1.82, 2.24) is 29.4 Å². The van der Waals surface area contributed by atoms with E-state index >= 15 is 0 Å². The quantitative estimate of drug-likeness (QED) is 0.229. The summed E-state index contributed by atoms with van der Waals surface area (Å²) in [5.74, 6) is 0.759. The number of fused-ring (bicyclic) bond motifs is 1. The zero-order chi connectivity index (χ0) is 32.5. The van der Waals surface area contributed by atoms with Crippen molar-refractivity contribution in [2.45, 2.75) is 32.0 Å². The Morgan fingerprint density at radius 1 is 1.04 bits per heavy atom. The Hall–Kier alpha value is -4.62. The van der Waals surface area contributed by atoms with Crippen molar-refractivity contribution in [3.05, 3.63) is 91.8 Å². The van der Waals surface area contributed by atoms with Gasteiger partial charge in [-0.25, -0.2) is 19.7 Å². The topological polar surface area (TPSA) is 145 Å². The van der Waals surface area contributed by atoms with Gasteiger partial charge >= 0.3 is 5.69 Å². The maximum atomic E-state index is 13.1. The monoisotopic (exact) mass is 643 g/mol. The number of anilines is 2. The van der Waals surface area contributed by atoms with Gasteiger partial charge in [0, 0.05) is 55.7 Å². The summed E-state index contributed by atoms with van der Waals surface area (Å²) >= 11 is 7.07. The van der Waals surface area contributed by atoms with Crippen LogP contribution in [-0.2, 0) is 25.4 Å². The summed E-state index contributed by atoms with van der Waals surface area (Å²) in [7, 11) is 4.57. The lowest BCUT2D eigenvalue weighted by molar-refractivity contribution is -0.0281. The van der Waals surface area contributed by atoms with Crippen LogP contribution in [0.2, 0.25) is 5.02 Å². The predicted octanol–water partition coefficient (Wildman–Crippen LogP) is 3.71. The summed E-state index contributed by atoms with van der Waals surface area (Å²) in [6, 6.07) is 15.3. The fraction of sp³-hybridized carbons (Fsp3) is 0.303. The number of halogens is 1. The van der Waals surface area contributed by atoms with Crippen LogP contribution in [-0.4, -0.2) is 61.7 Å². The molecule has 2 atom stereocenters. The zero-order valence-corrected chi connectivity index (χ0v) is 26.6. The largest absolute Gasteiger partial charge is 0.481 e. The van der Waals surface area contributed by atoms with E-state index in [0.717, 1.165) is 38.8 Å². The number of rotatable bonds is 8. The molecule has 0 bridgehead atoms. The highest BCUT2D eigenvalue weighted by Crippen LogP contribution is 2.39. The van der Waals surface area contributed by atoms with Crippen molar-refractivity contribution >= 4 is 34.1 Å². The Balaban J connectivity index is 1.32. The molecule has 2 unspecified atom stereocenters. The summed E-state index contributed by atoms with van der Waals surface area (Å²) in [6.07, 6.45) is 1.48. The smallest absolute Gasteiger partial charge is 0.332 e. The molecule has 46 heavy (non-hydrogen) atoms. The molecule has 3 aromatic heterocycles. The predicted molar refractivity (Wildman–Crippen MR) is 177 cm³/mol. The summed E-state index contributed by atoms with van der Waals surface area (Å²) in [5, 5.41) is 17.6. The number of nitrogens with zero attached hydrogens (tertiary/aromatic N) is 5. The van der Waals surface area contributed by atoms with E-state index in [4.69, 9.17) is 26.1 Å². The Morgan fingerprint density at radius 2 is 1.80 bits per heavy atom. The number of pyridine rings is 1. The molecule has 4 heterocycles. The van der Waals surface area contributed by atoms with Crippen LogP contribution in [0.5, 0.6) is 5.88 Å². The van der Waals surface area contributed by atoms with E-state index in [-0.39, 0.29) is 17.1 Å². The van der Waals surface area contributed by atoms with Gasteiger partial charge in [0.2, 0.25) is 5.88 Å². The molecule has 0 saturated carbocycles. The maximum absolute atomic E-state index is 13.1. The third kappa shape index (κ3) is 5.76. The molecular weight excluding hydrogens is 610 g/mol. The van der Waals surface area contributed by atoms with Gasteiger partial charge in [-0.3, -0.25) is 13.9 Å². The fourth-order valence-corrected chi connectivity index (χ4v) is 6.08. The minimum absolute atomic E-state index is 0.0649. The standard InChI is InChI=1S/C33H34ClN7O5/c1-18-20(7-6-10-23(18)38-29-27-30(37-17-36-29)40(2)33(44)41(3)32(27)43)21-8-5-9-22(28(21)34)24-12-11-19(31(39-24)45-4)15-35-25-13-14-46-16-26(25)42/h5-12,17,25-26,35,42H,13-16H2,1-4H3,(H,36,37,38). The van der Waals surface area contributed by atoms with Gasteiger partial charge in [0.05, 0.1) is 30.5 Å². The normalized spacial score (nSPS) is 16.5. The maximum Gasteiger partial charge on any atom is 0.332 e. The molecule has 0 radical (unpaired) electrons. The molecule has 1 aliphatic heterocycles. The number of hydrogen-bond acceptors (Lipinski definition) is 10. The molecule has 13 heteroatoms. The van der Waals surface area contributed by atoms with Crippen molar-refractivity contribution in [2.24, 2.45) is 14.1 Å². The molecule has 3 N–H and O–H groups in total. The number of aliphatic hydroxyl groups excluding tert-OH is 1. The molecule has 0 aliphatic carbocycles. The van der Waals surface area contributed by atoms with Gasteiger partial charge in [-0.1, -0.05) is 48.0 Å². The Bertz CT molecular complexity index is 2060. The van der Waals surface area contributed by atoms with Crippen LogP contribution in [0.25, 0.3) is 33.4 Å². The molecule has 12 nitrogen and oxygen atoms in total. The Labute approximate surface area is 269 Å². The molecule has 6 rings (SSSR count). The average Bonchev–Trinajstić information content (AvgIpc) is 3.07. The number of aryl methyl sites for hydroxylation is 1. The molecule has 0 spiro atoms. The number of nitrogens with one attached hydrogen (secondary N) is 2. The first kappa shape index (κ1) is 31.4. The van der Waals surface area contributed by atoms with Crippen LogP contribution in [0.4, 0.5) is 11.5 Å². The molecule has 1 saturated heterocycles. The van der Waals surface area contributed by atoms with Gasteiger partial charge in [0.1, 0.15) is 17.5 Å². The van der Waals surface area contributed by atoms with Gasteiger partial charge in [-0.15, -0.1) is 0 Å². The Kier molecular flexibility index (Phi) is 8.87. The van der Waals surface area contributed by atoms with Gasteiger partial charge in [-0.05, 0) is 36.6 Å². The number of aliphatic hydroxyl groups is 1. The van der Waals surface area contributed by atoms with Gasteiger partial charge < -0.3 is 25.2 Å². The second kappa shape index (κ2) is 13.0. The first-order valence-electron chi connectivity index (χ1n) is 14.8. The van der Waals surface area contributed by atoms with E-state index in [0.29, 0.717) is 47.9 Å². The lowest BCUT2D eigenvalue weighted by Crippen LogP contribution is -2.46. The minimum atomic E-state index is -0.562. The molecule has 1 aliphatic rings. The van der Waals surface area contributed by atoms with Crippen molar-refractivity contribution < 1.29 is 14.6 Å². The summed E-state index contributed by atoms with van der Waals surface area (Å²) in [5.41, 5.74) is 4.78. The van der Waals surface area contributed by atoms with Crippen molar-refractivity contribution in [2.75, 3.05) is 25.6 Å². The highest BCUT2D eigenvalue weighted by atomic mass is 35.5. The molecule has 0 amide bonds. The summed E-state index contributed by atoms with van der Waals surface area (Å²) in [6.45, 7) is 3.36. The molecule has 5 aromatic rings. The highest BCUT2D eigenvalue weighted by molar-refractivity contribution is 6.36. The number of methoxy groups -OCH3 is 1. The highest BCUT2D eigenvalue weighted by Gasteiger charge is 2.24. The molecule has 238 valence electrons. The fourth-order valence-electron chi connectivity index (χ4n) is 5.75. The number of ether oxygens (including phenoxy) is 2. The van der Waals surface area contributed by atoms with Crippen molar-refractivity contribution in [3.63, 3.8) is 0 Å². The van der Waals surface area contributed by atoms with Gasteiger partial charge in [0.15, 0.2) is 5.65 Å². The van der Waals surface area contributed by atoms with Crippen LogP contribution in [0.3, 0.4) is 0 Å².